The van der Waals surface area contributed by atoms with E-state index in [1.54, 1.807) is 20.2 Å². The maximum absolute atomic E-state index is 14.6. The minimum absolute atomic E-state index is 0.00321. The summed E-state index contributed by atoms with van der Waals surface area (Å²) in [5, 5.41) is 10.2. The number of H-pyrrole nitrogens is 1. The molecule has 3 heterocycles. The Morgan fingerprint density at radius 1 is 1.00 bits per heavy atom. The van der Waals surface area contributed by atoms with Crippen LogP contribution in [0.3, 0.4) is 0 Å². The third kappa shape index (κ3) is 3.55. The van der Waals surface area contributed by atoms with E-state index in [1.165, 1.54) is 20.3 Å². The zero-order valence-corrected chi connectivity index (χ0v) is 23.0. The first-order valence-corrected chi connectivity index (χ1v) is 13.1. The fraction of sp³-hybridized carbons (Fsp3) is 0.310. The van der Waals surface area contributed by atoms with Crippen molar-refractivity contribution in [2.45, 2.75) is 31.3 Å². The Hall–Kier alpha value is -4.31. The monoisotopic (exact) mass is 563 g/mol. The molecule has 0 unspecified atom stereocenters. The molecule has 10 nitrogen and oxygen atoms in total. The lowest BCUT2D eigenvalue weighted by molar-refractivity contribution is -0.131. The third-order valence-corrected chi connectivity index (χ3v) is 8.34. The SMILES string of the molecule is COc1ccc(-c2[nH]ncc2[C@@H]2CC(=O)NC3=C2C(=O)[C@@]2(Oc4c(Cl)c(OC)cc(OC)c4C2=O)[C@H](C)C3)cc1. The van der Waals surface area contributed by atoms with Crippen LogP contribution >= 0.6 is 11.6 Å². The van der Waals surface area contributed by atoms with E-state index in [0.717, 1.165) is 5.56 Å². The molecule has 206 valence electrons. The molecule has 0 radical (unpaired) electrons. The molecule has 0 fully saturated rings. The number of aromatic nitrogens is 2. The van der Waals surface area contributed by atoms with Gasteiger partial charge in [-0.1, -0.05) is 18.5 Å². The van der Waals surface area contributed by atoms with Crippen LogP contribution in [0.15, 0.2) is 47.8 Å². The van der Waals surface area contributed by atoms with Gasteiger partial charge in [0.1, 0.15) is 27.8 Å². The fourth-order valence-corrected chi connectivity index (χ4v) is 6.27. The van der Waals surface area contributed by atoms with Crippen LogP contribution < -0.4 is 24.3 Å². The predicted octanol–water partition coefficient (Wildman–Crippen LogP) is 4.24. The number of nitrogens with one attached hydrogen (secondary N) is 2. The van der Waals surface area contributed by atoms with E-state index in [-0.39, 0.29) is 46.6 Å². The molecule has 11 heteroatoms. The molecule has 0 saturated heterocycles. The number of carbonyl (C=O) groups excluding carboxylic acids is 3. The molecular weight excluding hydrogens is 538 g/mol. The van der Waals surface area contributed by atoms with Gasteiger partial charge in [-0.05, 0) is 30.7 Å². The molecule has 3 aliphatic rings. The van der Waals surface area contributed by atoms with Gasteiger partial charge >= 0.3 is 0 Å². The lowest BCUT2D eigenvalue weighted by atomic mass is 9.66. The van der Waals surface area contributed by atoms with Gasteiger partial charge in [-0.3, -0.25) is 19.5 Å². The van der Waals surface area contributed by atoms with Gasteiger partial charge in [0.25, 0.3) is 0 Å². The average Bonchev–Trinajstić information content (AvgIpc) is 3.56. The number of aromatic amines is 1. The second-order valence-electron chi connectivity index (χ2n) is 10.0. The van der Waals surface area contributed by atoms with E-state index in [1.807, 2.05) is 24.3 Å². The second kappa shape index (κ2) is 9.41. The smallest absolute Gasteiger partial charge is 0.236 e. The van der Waals surface area contributed by atoms with E-state index < -0.39 is 29.0 Å². The first kappa shape index (κ1) is 25.9. The van der Waals surface area contributed by atoms with Crippen LogP contribution in [-0.4, -0.2) is 54.6 Å². The summed E-state index contributed by atoms with van der Waals surface area (Å²) in [6, 6.07) is 8.85. The van der Waals surface area contributed by atoms with E-state index in [4.69, 9.17) is 30.5 Å². The summed E-state index contributed by atoms with van der Waals surface area (Å²) >= 11 is 6.56. The van der Waals surface area contributed by atoms with E-state index in [2.05, 4.69) is 15.5 Å². The van der Waals surface area contributed by atoms with Crippen molar-refractivity contribution in [2.75, 3.05) is 21.3 Å². The van der Waals surface area contributed by atoms with Crippen molar-refractivity contribution in [1.29, 1.82) is 0 Å². The Morgan fingerprint density at radius 2 is 1.73 bits per heavy atom. The number of ether oxygens (including phenoxy) is 4. The number of halogens is 1. The maximum Gasteiger partial charge on any atom is 0.236 e. The summed E-state index contributed by atoms with van der Waals surface area (Å²) in [5.41, 5.74) is 1.13. The Labute approximate surface area is 234 Å². The number of benzene rings is 2. The number of nitrogens with zero attached hydrogens (tertiary/aromatic N) is 1. The van der Waals surface area contributed by atoms with Gasteiger partial charge in [0.2, 0.25) is 23.1 Å². The Bertz CT molecular complexity index is 1610. The van der Waals surface area contributed by atoms with E-state index >= 15 is 0 Å². The second-order valence-corrected chi connectivity index (χ2v) is 10.4. The Kier molecular flexibility index (Phi) is 6.10. The first-order chi connectivity index (χ1) is 19.2. The number of ketones is 2. The maximum atomic E-state index is 14.6. The summed E-state index contributed by atoms with van der Waals surface area (Å²) in [5.74, 6) is -1.38. The number of hydrogen-bond donors (Lipinski definition) is 2. The predicted molar refractivity (Wildman–Crippen MR) is 144 cm³/mol. The molecule has 1 aliphatic carbocycles. The van der Waals surface area contributed by atoms with Crippen LogP contribution in [-0.2, 0) is 9.59 Å². The van der Waals surface area contributed by atoms with Gasteiger partial charge in [-0.25, -0.2) is 0 Å². The van der Waals surface area contributed by atoms with Gasteiger partial charge < -0.3 is 24.3 Å². The number of Topliss-reactive ketones (excluding diaryl/α,β-unsaturated/α-hetero) is 2. The van der Waals surface area contributed by atoms with Crippen molar-refractivity contribution in [3.63, 3.8) is 0 Å². The van der Waals surface area contributed by atoms with E-state index in [0.29, 0.717) is 28.3 Å². The fourth-order valence-electron chi connectivity index (χ4n) is 6.00. The lowest BCUT2D eigenvalue weighted by Gasteiger charge is -2.41. The molecule has 40 heavy (non-hydrogen) atoms. The van der Waals surface area contributed by atoms with Crippen LogP contribution in [0.1, 0.15) is 41.6 Å². The van der Waals surface area contributed by atoms with Crippen LogP contribution in [0.2, 0.25) is 5.02 Å². The highest BCUT2D eigenvalue weighted by Gasteiger charge is 2.63. The van der Waals surface area contributed by atoms with Crippen molar-refractivity contribution >= 4 is 29.1 Å². The topological polar surface area (TPSA) is 129 Å². The summed E-state index contributed by atoms with van der Waals surface area (Å²) < 4.78 is 22.4. The van der Waals surface area contributed by atoms with Crippen molar-refractivity contribution in [3.8, 4) is 34.3 Å². The van der Waals surface area contributed by atoms with Crippen LogP contribution in [0, 0.1) is 5.92 Å². The zero-order chi connectivity index (χ0) is 28.3. The lowest BCUT2D eigenvalue weighted by Crippen LogP contribution is -2.59. The molecular formula is C29H26ClN3O7. The zero-order valence-electron chi connectivity index (χ0n) is 22.2. The molecule has 2 aliphatic heterocycles. The molecule has 3 aromatic rings. The number of fused-ring (bicyclic) bond motifs is 1. The van der Waals surface area contributed by atoms with Crippen molar-refractivity contribution in [3.05, 3.63) is 63.9 Å². The van der Waals surface area contributed by atoms with Gasteiger partial charge in [0.15, 0.2) is 5.75 Å². The highest BCUT2D eigenvalue weighted by atomic mass is 35.5. The number of carbonyl (C=O) groups is 3. The molecule has 1 amide bonds. The van der Waals surface area contributed by atoms with Crippen LogP contribution in [0.25, 0.3) is 11.3 Å². The molecule has 1 aromatic heterocycles. The molecule has 0 bridgehead atoms. The summed E-state index contributed by atoms with van der Waals surface area (Å²) in [6.07, 6.45) is 1.84. The number of rotatable bonds is 5. The van der Waals surface area contributed by atoms with Gasteiger partial charge in [-0.2, -0.15) is 5.10 Å². The highest BCUT2D eigenvalue weighted by molar-refractivity contribution is 6.36. The molecule has 1 spiro atoms. The van der Waals surface area contributed by atoms with Crippen LogP contribution in [0.5, 0.6) is 23.0 Å². The van der Waals surface area contributed by atoms with Crippen molar-refractivity contribution < 1.29 is 33.3 Å². The molecule has 2 aromatic carbocycles. The Balaban J connectivity index is 1.48. The molecule has 6 rings (SSSR count). The van der Waals surface area contributed by atoms with Crippen molar-refractivity contribution in [2.24, 2.45) is 5.92 Å². The molecule has 0 saturated carbocycles. The highest BCUT2D eigenvalue weighted by Crippen LogP contribution is 2.55. The van der Waals surface area contributed by atoms with Gasteiger partial charge in [0.05, 0.1) is 33.2 Å². The number of amides is 1. The average molecular weight is 564 g/mol. The molecule has 3 atom stereocenters. The summed E-state index contributed by atoms with van der Waals surface area (Å²) in [7, 11) is 4.44. The van der Waals surface area contributed by atoms with Gasteiger partial charge in [0, 0.05) is 46.7 Å². The van der Waals surface area contributed by atoms with E-state index in [9.17, 15) is 14.4 Å². The standard InChI is InChI=1S/C29H26ClN3O7/c1-13-9-18-22(27(35)29(13)28(36)23-19(38-3)11-20(39-4)24(30)26(23)40-29)16(10-21(34)32-18)17-12-31-33-25(17)14-5-7-15(37-2)8-6-14/h5-8,11-13,16H,9-10H2,1-4H3,(H,31,33)(H,32,34)/t13-,16+,29+/m1/s1. The number of hydrogen-bond acceptors (Lipinski definition) is 8. The minimum Gasteiger partial charge on any atom is -0.497 e. The van der Waals surface area contributed by atoms with Crippen LogP contribution in [0.4, 0.5) is 0 Å². The summed E-state index contributed by atoms with van der Waals surface area (Å²) in [4.78, 5) is 41.6. The first-order valence-electron chi connectivity index (χ1n) is 12.7. The molecule has 2 N–H and O–H groups in total. The Morgan fingerprint density at radius 3 is 2.40 bits per heavy atom. The summed E-state index contributed by atoms with van der Waals surface area (Å²) in [6.45, 7) is 1.75. The minimum atomic E-state index is -1.88. The number of allylic oxidation sites excluding steroid dienone is 1. The van der Waals surface area contributed by atoms with Crippen molar-refractivity contribution in [1.82, 2.24) is 15.5 Å². The third-order valence-electron chi connectivity index (χ3n) is 7.98. The normalized spacial score (nSPS) is 23.5. The van der Waals surface area contributed by atoms with Gasteiger partial charge in [-0.15, -0.1) is 0 Å². The quantitative estimate of drug-likeness (QED) is 0.441. The largest absolute Gasteiger partial charge is 0.497 e. The number of methoxy groups -OCH3 is 3.